The van der Waals surface area contributed by atoms with Crippen LogP contribution in [0.4, 0.5) is 11.4 Å². The number of halogens is 1. The Hall–Kier alpha value is -1.23. The van der Waals surface area contributed by atoms with Crippen LogP contribution in [-0.4, -0.2) is 16.1 Å². The number of aryl methyl sites for hydroxylation is 1. The smallest absolute Gasteiger partial charge is 0.341 e. The van der Waals surface area contributed by atoms with Crippen LogP contribution in [0.1, 0.15) is 12.5 Å². The molecular weight excluding hydrogens is 267 g/mol. The van der Waals surface area contributed by atoms with Gasteiger partial charge in [-0.1, -0.05) is 18.5 Å². The van der Waals surface area contributed by atoms with E-state index in [9.17, 15) is 14.7 Å². The summed E-state index contributed by atoms with van der Waals surface area (Å²) in [5, 5.41) is 13.7. The van der Waals surface area contributed by atoms with Crippen LogP contribution in [0.15, 0.2) is 12.1 Å². The van der Waals surface area contributed by atoms with E-state index in [1.54, 1.807) is 6.92 Å². The average molecular weight is 278 g/mol. The van der Waals surface area contributed by atoms with Crippen molar-refractivity contribution in [1.82, 2.24) is 0 Å². The highest BCUT2D eigenvalue weighted by atomic mass is 35.5. The zero-order valence-electron chi connectivity index (χ0n) is 9.01. The lowest BCUT2D eigenvalue weighted by molar-refractivity contribution is -0.385. The van der Waals surface area contributed by atoms with Crippen molar-refractivity contribution in [2.75, 3.05) is 11.6 Å². The zero-order chi connectivity index (χ0) is 13.0. The molecule has 17 heavy (non-hydrogen) atoms. The van der Waals surface area contributed by atoms with Crippen LogP contribution in [0, 0.1) is 10.1 Å². The number of benzene rings is 1. The summed E-state index contributed by atoms with van der Waals surface area (Å²) < 4.78 is 10.5. The van der Waals surface area contributed by atoms with E-state index in [-0.39, 0.29) is 17.7 Å². The zero-order valence-corrected chi connectivity index (χ0v) is 10.7. The normalized spacial score (nSPS) is 11.1. The van der Waals surface area contributed by atoms with E-state index >= 15 is 0 Å². The Morgan fingerprint density at radius 2 is 2.24 bits per heavy atom. The van der Waals surface area contributed by atoms with E-state index < -0.39 is 13.0 Å². The second kappa shape index (κ2) is 5.91. The molecule has 0 fully saturated rings. The summed E-state index contributed by atoms with van der Waals surface area (Å²) in [7, 11) is -2.36. The van der Waals surface area contributed by atoms with Gasteiger partial charge in [-0.25, -0.2) is 0 Å². The van der Waals surface area contributed by atoms with Crippen LogP contribution >= 0.6 is 19.6 Å². The monoisotopic (exact) mass is 277 g/mol. The number of nitrogens with zero attached hydrogens (tertiary/aromatic N) is 1. The number of nitrogens with one attached hydrogen (secondary N) is 1. The topological polar surface area (TPSA) is 92.5 Å². The molecule has 6 nitrogen and oxygen atoms in total. The van der Waals surface area contributed by atoms with E-state index in [0.29, 0.717) is 17.0 Å². The van der Waals surface area contributed by atoms with Gasteiger partial charge in [0.05, 0.1) is 15.6 Å². The SMILES string of the molecule is CCc1cc(Cl)c(NC[P+](=O)O)cc1[N+](=O)[O-]. The Bertz CT molecular complexity index is 467. The van der Waals surface area contributed by atoms with Gasteiger partial charge in [0.25, 0.3) is 5.69 Å². The minimum Gasteiger partial charge on any atom is -0.341 e. The molecule has 2 N–H and O–H groups in total. The maximum atomic E-state index is 10.8. The molecule has 1 aromatic rings. The molecule has 0 heterocycles. The van der Waals surface area contributed by atoms with Gasteiger partial charge in [-0.3, -0.25) is 10.1 Å². The molecule has 0 aromatic heterocycles. The number of anilines is 1. The first kappa shape index (κ1) is 13.8. The van der Waals surface area contributed by atoms with Gasteiger partial charge < -0.3 is 5.32 Å². The second-order valence-electron chi connectivity index (χ2n) is 3.26. The van der Waals surface area contributed by atoms with Gasteiger partial charge in [0.15, 0.2) is 0 Å². The van der Waals surface area contributed by atoms with Gasteiger partial charge in [-0.2, -0.15) is 4.89 Å². The molecule has 0 radical (unpaired) electrons. The van der Waals surface area contributed by atoms with Gasteiger partial charge in [0.2, 0.25) is 6.29 Å². The Morgan fingerprint density at radius 3 is 2.71 bits per heavy atom. The number of hydrogen-bond donors (Lipinski definition) is 2. The van der Waals surface area contributed by atoms with Gasteiger partial charge in [-0.15, -0.1) is 0 Å². The molecule has 0 aliphatic rings. The number of nitro groups is 1. The van der Waals surface area contributed by atoms with Crippen molar-refractivity contribution < 1.29 is 14.4 Å². The summed E-state index contributed by atoms with van der Waals surface area (Å²) >= 11 is 5.91. The molecule has 0 aliphatic carbocycles. The maximum absolute atomic E-state index is 10.8. The van der Waals surface area contributed by atoms with Crippen LogP contribution in [0.3, 0.4) is 0 Å². The summed E-state index contributed by atoms with van der Waals surface area (Å²) in [4.78, 5) is 19.0. The first-order valence-corrected chi connectivity index (χ1v) is 6.57. The van der Waals surface area contributed by atoms with Crippen molar-refractivity contribution in [1.29, 1.82) is 0 Å². The lowest BCUT2D eigenvalue weighted by Crippen LogP contribution is -2.01. The average Bonchev–Trinajstić information content (AvgIpc) is 2.26. The summed E-state index contributed by atoms with van der Waals surface area (Å²) in [6, 6.07) is 2.77. The van der Waals surface area contributed by atoms with Crippen LogP contribution in [0.2, 0.25) is 5.02 Å². The highest BCUT2D eigenvalue weighted by molar-refractivity contribution is 7.38. The molecule has 0 saturated carbocycles. The molecule has 1 atom stereocenters. The van der Waals surface area contributed by atoms with Gasteiger partial charge in [0.1, 0.15) is 0 Å². The molecule has 8 heteroatoms. The fraction of sp³-hybridized carbons (Fsp3) is 0.333. The van der Waals surface area contributed by atoms with Crippen LogP contribution in [-0.2, 0) is 11.0 Å². The molecule has 0 spiro atoms. The minimum atomic E-state index is -2.36. The highest BCUT2D eigenvalue weighted by Crippen LogP contribution is 2.32. The number of rotatable bonds is 5. The Labute approximate surface area is 104 Å². The maximum Gasteiger partial charge on any atom is 0.527 e. The summed E-state index contributed by atoms with van der Waals surface area (Å²) in [6.45, 7) is 1.79. The molecule has 0 saturated heterocycles. The first-order chi connectivity index (χ1) is 7.95. The quantitative estimate of drug-likeness (QED) is 0.490. The minimum absolute atomic E-state index is 0.0485. The van der Waals surface area contributed by atoms with Gasteiger partial charge in [-0.05, 0) is 17.1 Å². The number of nitro benzene ring substituents is 1. The highest BCUT2D eigenvalue weighted by Gasteiger charge is 2.18. The van der Waals surface area contributed by atoms with Crippen molar-refractivity contribution >= 4 is 31.0 Å². The summed E-state index contributed by atoms with van der Waals surface area (Å²) in [6.07, 6.45) is 0.294. The van der Waals surface area contributed by atoms with Gasteiger partial charge in [0, 0.05) is 11.6 Å². The van der Waals surface area contributed by atoms with E-state index in [0.717, 1.165) is 0 Å². The molecule has 1 aromatic carbocycles. The van der Waals surface area contributed by atoms with Crippen LogP contribution in [0.5, 0.6) is 0 Å². The predicted molar refractivity (Wildman–Crippen MR) is 65.8 cm³/mol. The Balaban J connectivity index is 3.10. The molecular formula is C9H11ClN2O4P+. The second-order valence-corrected chi connectivity index (χ2v) is 4.69. The fourth-order valence-electron chi connectivity index (χ4n) is 1.34. The lowest BCUT2D eigenvalue weighted by atomic mass is 10.1. The van der Waals surface area contributed by atoms with Crippen molar-refractivity contribution in [2.24, 2.45) is 0 Å². The summed E-state index contributed by atoms with van der Waals surface area (Å²) in [5.74, 6) is 0. The number of hydrogen-bond acceptors (Lipinski definition) is 4. The molecule has 0 amide bonds. The molecule has 0 bridgehead atoms. The van der Waals surface area contributed by atoms with E-state index in [4.69, 9.17) is 16.5 Å². The van der Waals surface area contributed by atoms with E-state index in [1.165, 1.54) is 12.1 Å². The molecule has 1 unspecified atom stereocenters. The van der Waals surface area contributed by atoms with E-state index in [1.807, 2.05) is 0 Å². The van der Waals surface area contributed by atoms with Gasteiger partial charge >= 0.3 is 8.03 Å². The van der Waals surface area contributed by atoms with E-state index in [2.05, 4.69) is 5.32 Å². The molecule has 0 aliphatic heterocycles. The van der Waals surface area contributed by atoms with Crippen LogP contribution in [0.25, 0.3) is 0 Å². The fourth-order valence-corrected chi connectivity index (χ4v) is 1.90. The largest absolute Gasteiger partial charge is 0.527 e. The standard InChI is InChI=1S/C9H10ClN2O4P/c1-2-6-3-7(10)8(11-5-17(15)16)4-9(6)12(13)14/h3-4,11H,2,5H2,1H3/p+1. The molecule has 92 valence electrons. The first-order valence-electron chi connectivity index (χ1n) is 4.80. The Morgan fingerprint density at radius 1 is 1.59 bits per heavy atom. The molecule has 1 rings (SSSR count). The predicted octanol–water partition coefficient (Wildman–Crippen LogP) is 2.91. The third kappa shape index (κ3) is 3.63. The lowest BCUT2D eigenvalue weighted by Gasteiger charge is -2.06. The van der Waals surface area contributed by atoms with Crippen LogP contribution < -0.4 is 5.32 Å². The third-order valence-corrected chi connectivity index (χ3v) is 2.89. The van der Waals surface area contributed by atoms with Crippen molar-refractivity contribution in [2.45, 2.75) is 13.3 Å². The van der Waals surface area contributed by atoms with Crippen molar-refractivity contribution in [3.63, 3.8) is 0 Å². The summed E-state index contributed by atoms with van der Waals surface area (Å²) in [5.41, 5.74) is 0.763. The third-order valence-electron chi connectivity index (χ3n) is 2.15. The Kier molecular flexibility index (Phi) is 4.81. The van der Waals surface area contributed by atoms with Crippen molar-refractivity contribution in [3.05, 3.63) is 32.8 Å². The van der Waals surface area contributed by atoms with Crippen molar-refractivity contribution in [3.8, 4) is 0 Å².